The average Bonchev–Trinajstić information content (AvgIpc) is 2.84. The molecule has 1 heterocycles. The molecule has 0 aromatic heterocycles. The van der Waals surface area contributed by atoms with Crippen LogP contribution < -0.4 is 5.73 Å². The van der Waals surface area contributed by atoms with Crippen molar-refractivity contribution in [2.45, 2.75) is 45.1 Å². The summed E-state index contributed by atoms with van der Waals surface area (Å²) < 4.78 is 0. The zero-order chi connectivity index (χ0) is 10.8. The number of likely N-dealkylation sites (tertiary alicyclic amines) is 1. The monoisotopic (exact) mass is 246 g/mol. The second kappa shape index (κ2) is 5.87. The predicted octanol–water partition coefficient (Wildman–Crippen LogP) is 1.79. The molecular weight excluding hydrogens is 224 g/mol. The highest BCUT2D eigenvalue weighted by Gasteiger charge is 2.37. The molecule has 1 unspecified atom stereocenters. The van der Waals surface area contributed by atoms with Gasteiger partial charge in [-0.05, 0) is 45.1 Å². The lowest BCUT2D eigenvalue weighted by Crippen LogP contribution is -2.40. The van der Waals surface area contributed by atoms with Gasteiger partial charge in [-0.25, -0.2) is 0 Å². The maximum Gasteiger partial charge on any atom is 0.226 e. The Morgan fingerprint density at radius 2 is 2.06 bits per heavy atom. The van der Waals surface area contributed by atoms with E-state index in [1.807, 2.05) is 0 Å². The Morgan fingerprint density at radius 1 is 1.31 bits per heavy atom. The highest BCUT2D eigenvalue weighted by molar-refractivity contribution is 5.85. The van der Waals surface area contributed by atoms with E-state index in [4.69, 9.17) is 5.73 Å². The fourth-order valence-corrected chi connectivity index (χ4v) is 3.12. The molecule has 4 heteroatoms. The summed E-state index contributed by atoms with van der Waals surface area (Å²) in [7, 11) is 0. The highest BCUT2D eigenvalue weighted by Crippen LogP contribution is 2.34. The lowest BCUT2D eigenvalue weighted by Gasteiger charge is -2.27. The topological polar surface area (TPSA) is 46.3 Å². The van der Waals surface area contributed by atoms with Crippen molar-refractivity contribution in [2.75, 3.05) is 13.1 Å². The Hall–Kier alpha value is -0.280. The van der Waals surface area contributed by atoms with Crippen LogP contribution in [0.1, 0.15) is 39.0 Å². The van der Waals surface area contributed by atoms with Crippen LogP contribution in [-0.2, 0) is 4.79 Å². The molecule has 94 valence electrons. The molecule has 1 amide bonds. The van der Waals surface area contributed by atoms with E-state index < -0.39 is 0 Å². The van der Waals surface area contributed by atoms with Crippen LogP contribution in [0.4, 0.5) is 0 Å². The molecular formula is C12H23ClN2O. The standard InChI is InChI=1S/C12H22N2O.ClH/c1-9-4-3-7-14(9)12(15)11-6-2-5-10(11)8-13;/h9-11H,2-8,13H2,1H3;1H/t9?,10-,11-;/m1./s1. The Kier molecular flexibility index (Phi) is 5.06. The van der Waals surface area contributed by atoms with Crippen LogP contribution in [0.2, 0.25) is 0 Å². The zero-order valence-corrected chi connectivity index (χ0v) is 10.8. The molecule has 16 heavy (non-hydrogen) atoms. The van der Waals surface area contributed by atoms with E-state index in [9.17, 15) is 4.79 Å². The van der Waals surface area contributed by atoms with Gasteiger partial charge in [-0.15, -0.1) is 12.4 Å². The van der Waals surface area contributed by atoms with Crippen molar-refractivity contribution in [1.82, 2.24) is 4.90 Å². The Labute approximate surface area is 104 Å². The van der Waals surface area contributed by atoms with Gasteiger partial charge in [0.15, 0.2) is 0 Å². The lowest BCUT2D eigenvalue weighted by atomic mass is 9.94. The third-order valence-electron chi connectivity index (χ3n) is 4.12. The highest BCUT2D eigenvalue weighted by atomic mass is 35.5. The SMILES string of the molecule is CC1CCCN1C(=O)[C@@H]1CCC[C@@H]1CN.Cl. The summed E-state index contributed by atoms with van der Waals surface area (Å²) in [5, 5.41) is 0. The van der Waals surface area contributed by atoms with Gasteiger partial charge < -0.3 is 10.6 Å². The van der Waals surface area contributed by atoms with Crippen molar-refractivity contribution < 1.29 is 4.79 Å². The molecule has 0 bridgehead atoms. The van der Waals surface area contributed by atoms with Crippen molar-refractivity contribution in [3.8, 4) is 0 Å². The van der Waals surface area contributed by atoms with Gasteiger partial charge in [0.25, 0.3) is 0 Å². The maximum absolute atomic E-state index is 12.3. The molecule has 2 fully saturated rings. The summed E-state index contributed by atoms with van der Waals surface area (Å²) in [6.45, 7) is 3.81. The van der Waals surface area contributed by atoms with Crippen LogP contribution in [0.3, 0.4) is 0 Å². The first-order chi connectivity index (χ1) is 7.24. The summed E-state index contributed by atoms with van der Waals surface area (Å²) in [5.41, 5.74) is 5.72. The molecule has 1 saturated heterocycles. The van der Waals surface area contributed by atoms with Gasteiger partial charge in [-0.2, -0.15) is 0 Å². The number of rotatable bonds is 2. The van der Waals surface area contributed by atoms with Crippen LogP contribution in [0.25, 0.3) is 0 Å². The first-order valence-electron chi connectivity index (χ1n) is 6.24. The Morgan fingerprint density at radius 3 is 2.62 bits per heavy atom. The van der Waals surface area contributed by atoms with Crippen molar-refractivity contribution in [3.05, 3.63) is 0 Å². The van der Waals surface area contributed by atoms with E-state index >= 15 is 0 Å². The molecule has 2 aliphatic rings. The van der Waals surface area contributed by atoms with Crippen molar-refractivity contribution in [2.24, 2.45) is 17.6 Å². The number of carbonyl (C=O) groups excluding carboxylic acids is 1. The minimum Gasteiger partial charge on any atom is -0.340 e. The van der Waals surface area contributed by atoms with Crippen molar-refractivity contribution >= 4 is 18.3 Å². The van der Waals surface area contributed by atoms with Gasteiger partial charge in [0.1, 0.15) is 0 Å². The predicted molar refractivity (Wildman–Crippen MR) is 67.5 cm³/mol. The molecule has 2 rings (SSSR count). The van der Waals surface area contributed by atoms with Gasteiger partial charge in [0.05, 0.1) is 0 Å². The smallest absolute Gasteiger partial charge is 0.226 e. The minimum atomic E-state index is 0. The summed E-state index contributed by atoms with van der Waals surface area (Å²) in [4.78, 5) is 14.4. The molecule has 0 aromatic rings. The molecule has 0 aromatic carbocycles. The first-order valence-corrected chi connectivity index (χ1v) is 6.24. The van der Waals surface area contributed by atoms with E-state index in [1.54, 1.807) is 0 Å². The maximum atomic E-state index is 12.3. The number of carbonyl (C=O) groups is 1. The van der Waals surface area contributed by atoms with Gasteiger partial charge in [0, 0.05) is 18.5 Å². The molecule has 3 atom stereocenters. The molecule has 0 radical (unpaired) electrons. The Balaban J connectivity index is 0.00000128. The van der Waals surface area contributed by atoms with Crippen LogP contribution in [0.5, 0.6) is 0 Å². The van der Waals surface area contributed by atoms with Crippen LogP contribution in [0.15, 0.2) is 0 Å². The van der Waals surface area contributed by atoms with Crippen molar-refractivity contribution in [3.63, 3.8) is 0 Å². The van der Waals surface area contributed by atoms with Gasteiger partial charge in [-0.1, -0.05) is 6.42 Å². The number of halogens is 1. The summed E-state index contributed by atoms with van der Waals surface area (Å²) in [6.07, 6.45) is 5.73. The van der Waals surface area contributed by atoms with E-state index in [0.717, 1.165) is 19.4 Å². The third-order valence-corrected chi connectivity index (χ3v) is 4.12. The zero-order valence-electron chi connectivity index (χ0n) is 10.0. The van der Waals surface area contributed by atoms with E-state index in [0.29, 0.717) is 24.4 Å². The van der Waals surface area contributed by atoms with Crippen LogP contribution in [0, 0.1) is 11.8 Å². The normalized spacial score (nSPS) is 33.9. The molecule has 0 spiro atoms. The first kappa shape index (κ1) is 13.8. The number of nitrogens with two attached hydrogens (primary N) is 1. The molecule has 2 N–H and O–H groups in total. The number of hydrogen-bond donors (Lipinski definition) is 1. The largest absolute Gasteiger partial charge is 0.340 e. The summed E-state index contributed by atoms with van der Waals surface area (Å²) >= 11 is 0. The Bertz CT molecular complexity index is 247. The van der Waals surface area contributed by atoms with Crippen LogP contribution >= 0.6 is 12.4 Å². The van der Waals surface area contributed by atoms with Crippen molar-refractivity contribution in [1.29, 1.82) is 0 Å². The molecule has 3 nitrogen and oxygen atoms in total. The second-order valence-electron chi connectivity index (χ2n) is 5.06. The fraction of sp³-hybridized carbons (Fsp3) is 0.917. The molecule has 1 aliphatic carbocycles. The van der Waals surface area contributed by atoms with Crippen LogP contribution in [-0.4, -0.2) is 29.9 Å². The van der Waals surface area contributed by atoms with Gasteiger partial charge in [-0.3, -0.25) is 4.79 Å². The quantitative estimate of drug-likeness (QED) is 0.808. The fourth-order valence-electron chi connectivity index (χ4n) is 3.12. The van der Waals surface area contributed by atoms with Gasteiger partial charge in [0.2, 0.25) is 5.91 Å². The number of nitrogens with zero attached hydrogens (tertiary/aromatic N) is 1. The average molecular weight is 247 g/mol. The summed E-state index contributed by atoms with van der Waals surface area (Å²) in [6, 6.07) is 0.455. The number of amides is 1. The van der Waals surface area contributed by atoms with E-state index in [-0.39, 0.29) is 18.3 Å². The second-order valence-corrected chi connectivity index (χ2v) is 5.06. The molecule has 1 aliphatic heterocycles. The summed E-state index contributed by atoms with van der Waals surface area (Å²) in [5.74, 6) is 1.06. The van der Waals surface area contributed by atoms with E-state index in [1.165, 1.54) is 19.3 Å². The minimum absolute atomic E-state index is 0. The lowest BCUT2D eigenvalue weighted by molar-refractivity contribution is -0.137. The number of hydrogen-bond acceptors (Lipinski definition) is 2. The van der Waals surface area contributed by atoms with Gasteiger partial charge >= 0.3 is 0 Å². The molecule has 1 saturated carbocycles. The van der Waals surface area contributed by atoms with E-state index in [2.05, 4.69) is 11.8 Å². The third kappa shape index (κ3) is 2.51.